The normalized spacial score (nSPS) is 28.2. The minimum atomic E-state index is -2.34. The maximum atomic E-state index is 16.4. The number of aliphatic hydroxyl groups excluding tert-OH is 5. The molecule has 1 saturated heterocycles. The van der Waals surface area contributed by atoms with Crippen molar-refractivity contribution in [1.29, 1.82) is 0 Å². The average molecular weight is 1610 g/mol. The van der Waals surface area contributed by atoms with Gasteiger partial charge in [0.1, 0.15) is 102 Å². The molecular weight excluding hydrogens is 1510 g/mol. The Bertz CT molecular complexity index is 4410. The van der Waals surface area contributed by atoms with Crippen LogP contribution in [-0.2, 0) is 43.1 Å². The number of benzene rings is 5. The van der Waals surface area contributed by atoms with Crippen LogP contribution in [0.5, 0.6) is 46.0 Å². The van der Waals surface area contributed by atoms with Crippen molar-refractivity contribution in [2.24, 2.45) is 35.3 Å². The maximum absolute atomic E-state index is 16.4. The Kier molecular flexibility index (Phi) is 26.3. The second-order valence-electron chi connectivity index (χ2n) is 30.8. The summed E-state index contributed by atoms with van der Waals surface area (Å²) in [5, 5.41) is 120. The Labute approximate surface area is 660 Å². The van der Waals surface area contributed by atoms with Gasteiger partial charge in [-0.2, -0.15) is 0 Å². The summed E-state index contributed by atoms with van der Waals surface area (Å²) in [7, 11) is 1.49. The molecular formula is C79H97Cl2N11O21. The van der Waals surface area contributed by atoms with Crippen molar-refractivity contribution in [2.45, 2.75) is 202 Å². The van der Waals surface area contributed by atoms with Crippen molar-refractivity contribution in [2.75, 3.05) is 20.1 Å². The van der Waals surface area contributed by atoms with E-state index in [1.165, 1.54) is 31.3 Å². The number of halogens is 2. The summed E-state index contributed by atoms with van der Waals surface area (Å²) >= 11 is 14.3. The molecule has 608 valence electrons. The second kappa shape index (κ2) is 35.8. The van der Waals surface area contributed by atoms with Crippen molar-refractivity contribution >= 4 is 76.5 Å². The fraction of sp³-hybridized carbons (Fsp3) is 0.506. The monoisotopic (exact) mass is 1610 g/mol. The highest BCUT2D eigenvalue weighted by Crippen LogP contribution is 2.55. The largest absolute Gasteiger partial charge is 0.508 e. The summed E-state index contributed by atoms with van der Waals surface area (Å²) in [4.78, 5) is 137. The third kappa shape index (κ3) is 18.6. The van der Waals surface area contributed by atoms with Gasteiger partial charge in [-0.05, 0) is 164 Å². The van der Waals surface area contributed by atoms with E-state index >= 15 is 28.8 Å². The first-order valence-corrected chi connectivity index (χ1v) is 39.1. The molecule has 20 N–H and O–H groups in total. The number of imide groups is 1. The molecule has 10 aliphatic rings. The number of urea groups is 1. The molecule has 15 bridgehead atoms. The lowest BCUT2D eigenvalue weighted by atomic mass is 9.54. The average Bonchev–Trinajstić information content (AvgIpc) is 0.755. The van der Waals surface area contributed by atoms with Crippen LogP contribution in [0.3, 0.4) is 0 Å². The predicted molar refractivity (Wildman–Crippen MR) is 407 cm³/mol. The van der Waals surface area contributed by atoms with Crippen LogP contribution in [0.15, 0.2) is 78.9 Å². The molecule has 5 aromatic carbocycles. The number of rotatable bonds is 20. The van der Waals surface area contributed by atoms with Gasteiger partial charge in [-0.25, -0.2) is 4.79 Å². The van der Waals surface area contributed by atoms with E-state index in [1.807, 2.05) is 13.8 Å². The number of ether oxygens (including phenoxy) is 4. The van der Waals surface area contributed by atoms with Crippen LogP contribution < -0.4 is 73.1 Å². The molecule has 10 amide bonds. The molecule has 15 rings (SSSR count). The van der Waals surface area contributed by atoms with Crippen molar-refractivity contribution in [3.63, 3.8) is 0 Å². The van der Waals surface area contributed by atoms with Gasteiger partial charge >= 0.3 is 6.03 Å². The topological polar surface area (TPSA) is 499 Å². The number of aliphatic hydroxyl groups is 5. The molecule has 4 aliphatic carbocycles. The number of hydrogen-bond donors (Lipinski definition) is 19. The van der Waals surface area contributed by atoms with E-state index in [0.29, 0.717) is 18.3 Å². The third-order valence-corrected chi connectivity index (χ3v) is 22.9. The van der Waals surface area contributed by atoms with E-state index in [0.717, 1.165) is 125 Å². The second-order valence-corrected chi connectivity index (χ2v) is 31.6. The molecule has 6 aliphatic heterocycles. The zero-order chi connectivity index (χ0) is 81.0. The predicted octanol–water partition coefficient (Wildman–Crippen LogP) is 4.78. The van der Waals surface area contributed by atoms with Gasteiger partial charge in [-0.1, -0.05) is 101 Å². The number of unbranched alkanes of at least 4 members (excludes halogenated alkanes) is 6. The van der Waals surface area contributed by atoms with Crippen molar-refractivity contribution < 1.29 is 103 Å². The minimum Gasteiger partial charge on any atom is -0.508 e. The van der Waals surface area contributed by atoms with Crippen LogP contribution in [0.2, 0.25) is 10.0 Å². The lowest BCUT2D eigenvalue weighted by molar-refractivity contribution is -0.270. The Morgan fingerprint density at radius 1 is 0.619 bits per heavy atom. The lowest BCUT2D eigenvalue weighted by Crippen LogP contribution is -2.60. The SMILES string of the molecule is CCCCCCCCCNC(=O)NC(=O)C[C@@H]1NC(=O)[C@H](NC(=O)[C@@H](CC(C)C)NC)[C@H](O)c2ccc(c(Cl)c2)Oc2cc3cc(c2O[C@@H]2O[C@H](CN)[C@@H](O)[C@H](O)[C@H]2O)Oc2ccc(cc2Cl)[C@@H](O)[C@@H]2NC(=O)[C@H](NC(=O)[C@@H]3NC1=O)c1ccc(O)c(c1)-c1c(O)cc(O)cc1[C@@H](C(=O)NC1C3CC4CC(C3)CC1C4)NC2=O. The van der Waals surface area contributed by atoms with Gasteiger partial charge in [-0.3, -0.25) is 43.7 Å². The van der Waals surface area contributed by atoms with Crippen molar-refractivity contribution in [3.05, 3.63) is 117 Å². The first-order valence-electron chi connectivity index (χ1n) is 38.3. The van der Waals surface area contributed by atoms with Crippen LogP contribution in [0.25, 0.3) is 11.1 Å². The van der Waals surface area contributed by atoms with Crippen LogP contribution in [0.1, 0.15) is 169 Å². The Balaban J connectivity index is 1.03. The van der Waals surface area contributed by atoms with Crippen LogP contribution in [0, 0.1) is 29.6 Å². The number of hydrogen-bond acceptors (Lipinski definition) is 23. The molecule has 34 heteroatoms. The fourth-order valence-corrected chi connectivity index (χ4v) is 17.1. The molecule has 4 saturated carbocycles. The fourth-order valence-electron chi connectivity index (χ4n) is 16.7. The zero-order valence-electron chi connectivity index (χ0n) is 62.6. The highest BCUT2D eigenvalue weighted by atomic mass is 35.5. The first-order chi connectivity index (χ1) is 54.0. The van der Waals surface area contributed by atoms with Crippen LogP contribution >= 0.6 is 23.2 Å². The van der Waals surface area contributed by atoms with Crippen molar-refractivity contribution in [3.8, 4) is 57.1 Å². The van der Waals surface area contributed by atoms with Crippen molar-refractivity contribution in [1.82, 2.24) is 53.2 Å². The summed E-state index contributed by atoms with van der Waals surface area (Å²) in [6.07, 6.45) is -3.67. The third-order valence-electron chi connectivity index (χ3n) is 22.3. The maximum Gasteiger partial charge on any atom is 0.321 e. The summed E-state index contributed by atoms with van der Waals surface area (Å²) in [5.74, 6) is -13.0. The molecule has 5 aromatic rings. The van der Waals surface area contributed by atoms with Crippen LogP contribution in [0.4, 0.5) is 4.79 Å². The van der Waals surface area contributed by atoms with Gasteiger partial charge in [0, 0.05) is 36.3 Å². The Hall–Kier alpha value is -9.61. The molecule has 14 atom stereocenters. The van der Waals surface area contributed by atoms with E-state index in [9.17, 15) is 55.2 Å². The quantitative estimate of drug-likeness (QED) is 0.0466. The highest BCUT2D eigenvalue weighted by Gasteiger charge is 2.51. The molecule has 32 nitrogen and oxygen atoms in total. The van der Waals surface area contributed by atoms with Gasteiger partial charge in [0.15, 0.2) is 11.5 Å². The Morgan fingerprint density at radius 3 is 1.84 bits per heavy atom. The molecule has 0 spiro atoms. The number of likely N-dealkylation sites (N-methyl/N-ethyl adjacent to an activating group) is 1. The number of aromatic hydroxyl groups is 3. The zero-order valence-corrected chi connectivity index (χ0v) is 64.1. The van der Waals surface area contributed by atoms with Crippen LogP contribution in [-0.4, -0.2) is 175 Å². The van der Waals surface area contributed by atoms with E-state index in [1.54, 1.807) is 0 Å². The van der Waals surface area contributed by atoms with E-state index in [2.05, 4.69) is 60.1 Å². The van der Waals surface area contributed by atoms with E-state index in [4.69, 9.17) is 47.9 Å². The summed E-state index contributed by atoms with van der Waals surface area (Å²) in [5.41, 5.74) is 3.95. The summed E-state index contributed by atoms with van der Waals surface area (Å²) < 4.78 is 25.6. The molecule has 0 aromatic heterocycles. The lowest BCUT2D eigenvalue weighted by Gasteiger charge is -2.54. The number of carbonyl (C=O) groups is 9. The number of nitrogens with one attached hydrogen (secondary N) is 10. The van der Waals surface area contributed by atoms with Gasteiger partial charge in [0.2, 0.25) is 59.3 Å². The molecule has 6 heterocycles. The summed E-state index contributed by atoms with van der Waals surface area (Å²) in [6, 6.07) is -0.559. The summed E-state index contributed by atoms with van der Waals surface area (Å²) in [6.45, 7) is 5.44. The van der Waals surface area contributed by atoms with Gasteiger partial charge in [0.05, 0.1) is 22.5 Å². The number of nitrogens with two attached hydrogens (primary N) is 1. The highest BCUT2D eigenvalue weighted by molar-refractivity contribution is 6.32. The molecule has 0 radical (unpaired) electrons. The standard InChI is InChI=1S/C79H97Cl2N11O21/c1-5-6-7-8-9-10-11-18-84-79(109)86-57(96)32-49-72(103)88-61-42-28-54(110-52-16-13-38(26-46(52)80)65(97)63(76(107)85-49)91-71(102)48(83-4)19-34(2)3)70(113-78-69(101)68(100)67(99)56(33-82)112-78)55(29-42)111-53-17-14-39(27-47(53)81)66(98)64-77(108)90-62(75(106)87-59-40-21-35-20-36(23-40)24-41(59)22-35)45-30-43(93)31-51(95)58(45)44-25-37(12-15-50(44)94)60(73(104)92-64)89-74(61)105/h12-17,25-31,34-36,40-41,48-49,56,59-69,78,83,93-95,97-101H,5-11,18-24,32-33,82H2,1-4H3,(H,85,107)(H,87,106)(H,88,103)(H,89,105)(H,90,108)(H,91,102)(H,92,104)(H2,84,86,96,109)/t35?,36?,40?,41?,48-,49+,56-,59?,60-,61-,62+,63-,64+,65-,66-,67-,68+,69-,78+/m1/s1. The minimum absolute atomic E-state index is 0.0777. The number of carbonyl (C=O) groups excluding carboxylic acids is 9. The smallest absolute Gasteiger partial charge is 0.321 e. The van der Waals surface area contributed by atoms with Gasteiger partial charge in [-0.15, -0.1) is 0 Å². The van der Waals surface area contributed by atoms with E-state index < -0.39 is 192 Å². The van der Waals surface area contributed by atoms with E-state index in [-0.39, 0.29) is 91.7 Å². The molecule has 0 unspecified atom stereocenters. The van der Waals surface area contributed by atoms with Gasteiger partial charge in [0.25, 0.3) is 0 Å². The number of amides is 10. The molecule has 5 fully saturated rings. The number of phenolic OH excluding ortho intramolecular Hbond substituents is 3. The molecule has 113 heavy (non-hydrogen) atoms. The van der Waals surface area contributed by atoms with Gasteiger partial charge < -0.3 is 113 Å². The first kappa shape index (κ1) is 82.8. The number of fused-ring (bicyclic) bond motifs is 15. The number of phenols is 3. The Morgan fingerprint density at radius 2 is 1.22 bits per heavy atom.